The van der Waals surface area contributed by atoms with Gasteiger partial charge in [-0.1, -0.05) is 6.42 Å². The summed E-state index contributed by atoms with van der Waals surface area (Å²) < 4.78 is 0. The van der Waals surface area contributed by atoms with Gasteiger partial charge in [-0.25, -0.2) is 4.98 Å². The summed E-state index contributed by atoms with van der Waals surface area (Å²) in [7, 11) is 0. The SMILES string of the molecule is O=C(c1cnc[nH]c1=O)N1CCC[C@@]2(CCC[C@H]2O)C1. The fraction of sp³-hybridized carbons (Fsp3) is 0.643. The van der Waals surface area contributed by atoms with Gasteiger partial charge in [0.1, 0.15) is 5.56 Å². The summed E-state index contributed by atoms with van der Waals surface area (Å²) in [6.45, 7) is 1.18. The van der Waals surface area contributed by atoms with Gasteiger partial charge in [-0.15, -0.1) is 0 Å². The fourth-order valence-corrected chi connectivity index (χ4v) is 3.60. The third-order valence-corrected chi connectivity index (χ3v) is 4.70. The molecule has 1 amide bonds. The van der Waals surface area contributed by atoms with Crippen LogP contribution in [0.4, 0.5) is 0 Å². The predicted octanol–water partition coefficient (Wildman–Crippen LogP) is 0.537. The summed E-state index contributed by atoms with van der Waals surface area (Å²) >= 11 is 0. The second-order valence-corrected chi connectivity index (χ2v) is 5.90. The van der Waals surface area contributed by atoms with Crippen LogP contribution in [0, 0.1) is 5.41 Å². The number of amides is 1. The van der Waals surface area contributed by atoms with Gasteiger partial charge in [0.05, 0.1) is 12.4 Å². The highest BCUT2D eigenvalue weighted by atomic mass is 16.3. The lowest BCUT2D eigenvalue weighted by Gasteiger charge is -2.42. The Morgan fingerprint density at radius 2 is 2.25 bits per heavy atom. The van der Waals surface area contributed by atoms with Crippen molar-refractivity contribution in [2.75, 3.05) is 13.1 Å². The van der Waals surface area contributed by atoms with Crippen LogP contribution < -0.4 is 5.56 Å². The van der Waals surface area contributed by atoms with E-state index in [4.69, 9.17) is 0 Å². The van der Waals surface area contributed by atoms with Crippen LogP contribution in [0.25, 0.3) is 0 Å². The molecule has 1 aliphatic carbocycles. The van der Waals surface area contributed by atoms with E-state index < -0.39 is 5.56 Å². The van der Waals surface area contributed by atoms with Crippen molar-refractivity contribution in [1.82, 2.24) is 14.9 Å². The van der Waals surface area contributed by atoms with E-state index in [1.54, 1.807) is 4.90 Å². The molecule has 1 aliphatic heterocycles. The molecule has 1 saturated heterocycles. The summed E-state index contributed by atoms with van der Waals surface area (Å²) in [5, 5.41) is 10.2. The Morgan fingerprint density at radius 3 is 2.95 bits per heavy atom. The summed E-state index contributed by atoms with van der Waals surface area (Å²) in [5.74, 6) is -0.280. The maximum absolute atomic E-state index is 12.5. The first-order chi connectivity index (χ1) is 9.62. The molecule has 2 heterocycles. The van der Waals surface area contributed by atoms with Crippen molar-refractivity contribution in [3.05, 3.63) is 28.4 Å². The van der Waals surface area contributed by atoms with E-state index in [2.05, 4.69) is 9.97 Å². The Hall–Kier alpha value is -1.69. The van der Waals surface area contributed by atoms with Crippen LogP contribution in [0.1, 0.15) is 42.5 Å². The molecule has 108 valence electrons. The average Bonchev–Trinajstić information content (AvgIpc) is 2.79. The maximum atomic E-state index is 12.5. The quantitative estimate of drug-likeness (QED) is 0.784. The molecule has 0 unspecified atom stereocenters. The van der Waals surface area contributed by atoms with E-state index in [1.165, 1.54) is 12.5 Å². The molecule has 0 aromatic carbocycles. The topological polar surface area (TPSA) is 86.3 Å². The number of hydrogen-bond donors (Lipinski definition) is 2. The standard InChI is InChI=1S/C14H19N3O3/c18-11-3-1-4-14(11)5-2-6-17(8-14)13(20)10-7-15-9-16-12(10)19/h7,9,11,18H,1-6,8H2,(H,15,16,19)/t11-,14+/m1/s1. The lowest BCUT2D eigenvalue weighted by molar-refractivity contribution is -0.00543. The number of carbonyl (C=O) groups excluding carboxylic acids is 1. The Morgan fingerprint density at radius 1 is 1.45 bits per heavy atom. The van der Waals surface area contributed by atoms with Gasteiger partial charge in [-0.3, -0.25) is 9.59 Å². The van der Waals surface area contributed by atoms with Crippen LogP contribution in [-0.2, 0) is 0 Å². The van der Waals surface area contributed by atoms with Crippen molar-refractivity contribution in [2.45, 2.75) is 38.2 Å². The highest BCUT2D eigenvalue weighted by molar-refractivity contribution is 5.93. The van der Waals surface area contributed by atoms with Crippen molar-refractivity contribution in [3.63, 3.8) is 0 Å². The third kappa shape index (κ3) is 2.14. The molecule has 6 nitrogen and oxygen atoms in total. The van der Waals surface area contributed by atoms with Gasteiger partial charge in [0.2, 0.25) is 0 Å². The lowest BCUT2D eigenvalue weighted by atomic mass is 9.76. The van der Waals surface area contributed by atoms with Crippen LogP contribution in [0.5, 0.6) is 0 Å². The number of aliphatic hydroxyl groups is 1. The molecule has 20 heavy (non-hydrogen) atoms. The molecule has 0 bridgehead atoms. The van der Waals surface area contributed by atoms with E-state index in [0.717, 1.165) is 32.1 Å². The van der Waals surface area contributed by atoms with Crippen molar-refractivity contribution in [2.24, 2.45) is 5.41 Å². The fourth-order valence-electron chi connectivity index (χ4n) is 3.60. The van der Waals surface area contributed by atoms with Gasteiger partial charge in [-0.2, -0.15) is 0 Å². The zero-order chi connectivity index (χ0) is 14.2. The normalized spacial score (nSPS) is 29.9. The zero-order valence-corrected chi connectivity index (χ0v) is 11.3. The first-order valence-electron chi connectivity index (χ1n) is 7.12. The number of likely N-dealkylation sites (tertiary alicyclic amines) is 1. The number of H-pyrrole nitrogens is 1. The van der Waals surface area contributed by atoms with E-state index in [0.29, 0.717) is 13.1 Å². The molecular weight excluding hydrogens is 258 g/mol. The Bertz CT molecular complexity index is 571. The van der Waals surface area contributed by atoms with E-state index in [-0.39, 0.29) is 23.0 Å². The van der Waals surface area contributed by atoms with Crippen LogP contribution in [0.3, 0.4) is 0 Å². The Balaban J connectivity index is 1.82. The minimum Gasteiger partial charge on any atom is -0.392 e. The molecule has 0 radical (unpaired) electrons. The number of nitrogens with zero attached hydrogens (tertiary/aromatic N) is 2. The minimum atomic E-state index is -0.406. The number of aromatic nitrogens is 2. The van der Waals surface area contributed by atoms with Crippen molar-refractivity contribution >= 4 is 5.91 Å². The maximum Gasteiger partial charge on any atom is 0.263 e. The van der Waals surface area contributed by atoms with Gasteiger partial charge in [-0.05, 0) is 25.7 Å². The summed E-state index contributed by atoms with van der Waals surface area (Å²) in [6, 6.07) is 0. The number of piperidine rings is 1. The smallest absolute Gasteiger partial charge is 0.263 e. The Kier molecular flexibility index (Phi) is 3.33. The third-order valence-electron chi connectivity index (χ3n) is 4.70. The van der Waals surface area contributed by atoms with Gasteiger partial charge in [0, 0.05) is 24.7 Å². The molecule has 1 saturated carbocycles. The molecule has 1 aromatic rings. The van der Waals surface area contributed by atoms with Gasteiger partial charge in [0.25, 0.3) is 11.5 Å². The lowest BCUT2D eigenvalue weighted by Crippen LogP contribution is -2.50. The predicted molar refractivity (Wildman–Crippen MR) is 72.3 cm³/mol. The minimum absolute atomic E-state index is 0.0806. The first kappa shape index (κ1) is 13.3. The number of rotatable bonds is 1. The summed E-state index contributed by atoms with van der Waals surface area (Å²) in [5.41, 5.74) is -0.489. The first-order valence-corrected chi connectivity index (χ1v) is 7.12. The number of carbonyl (C=O) groups is 1. The molecule has 1 spiro atoms. The van der Waals surface area contributed by atoms with Crippen molar-refractivity contribution in [3.8, 4) is 0 Å². The Labute approximate surface area is 116 Å². The van der Waals surface area contributed by atoms with Crippen LogP contribution in [0.15, 0.2) is 17.3 Å². The molecule has 2 fully saturated rings. The van der Waals surface area contributed by atoms with Gasteiger partial charge in [0.15, 0.2) is 0 Å². The van der Waals surface area contributed by atoms with E-state index in [1.807, 2.05) is 0 Å². The zero-order valence-electron chi connectivity index (χ0n) is 11.3. The monoisotopic (exact) mass is 277 g/mol. The van der Waals surface area contributed by atoms with Crippen LogP contribution in [0.2, 0.25) is 0 Å². The number of aliphatic hydroxyl groups excluding tert-OH is 1. The largest absolute Gasteiger partial charge is 0.392 e. The summed E-state index contributed by atoms with van der Waals surface area (Å²) in [4.78, 5) is 32.1. The number of nitrogens with one attached hydrogen (secondary N) is 1. The highest BCUT2D eigenvalue weighted by Crippen LogP contribution is 2.45. The van der Waals surface area contributed by atoms with Crippen LogP contribution >= 0.6 is 0 Å². The van der Waals surface area contributed by atoms with Gasteiger partial charge >= 0.3 is 0 Å². The molecular formula is C14H19N3O3. The molecule has 2 N–H and O–H groups in total. The average molecular weight is 277 g/mol. The van der Waals surface area contributed by atoms with E-state index in [9.17, 15) is 14.7 Å². The number of hydrogen-bond acceptors (Lipinski definition) is 4. The second kappa shape index (κ2) is 5.01. The van der Waals surface area contributed by atoms with Crippen LogP contribution in [-0.4, -0.2) is 45.1 Å². The highest BCUT2D eigenvalue weighted by Gasteiger charge is 2.45. The molecule has 6 heteroatoms. The molecule has 1 aromatic heterocycles. The van der Waals surface area contributed by atoms with Crippen molar-refractivity contribution in [1.29, 1.82) is 0 Å². The number of aromatic amines is 1. The van der Waals surface area contributed by atoms with E-state index >= 15 is 0 Å². The molecule has 2 aliphatic rings. The summed E-state index contributed by atoms with van der Waals surface area (Å²) in [6.07, 6.45) is 6.88. The van der Waals surface area contributed by atoms with Gasteiger partial charge < -0.3 is 15.0 Å². The second-order valence-electron chi connectivity index (χ2n) is 5.90. The molecule has 2 atom stereocenters. The van der Waals surface area contributed by atoms with Crippen molar-refractivity contribution < 1.29 is 9.90 Å². The molecule has 3 rings (SSSR count).